The summed E-state index contributed by atoms with van der Waals surface area (Å²) in [5, 5.41) is 4.65. The van der Waals surface area contributed by atoms with E-state index >= 15 is 0 Å². The number of aryl methyl sites for hydroxylation is 1. The fourth-order valence-corrected chi connectivity index (χ4v) is 5.06. The van der Waals surface area contributed by atoms with Gasteiger partial charge in [0.1, 0.15) is 21.8 Å². The minimum Gasteiger partial charge on any atom is -0.326 e. The van der Waals surface area contributed by atoms with Gasteiger partial charge in [0.25, 0.3) is 5.91 Å². The maximum atomic E-state index is 14.1. The van der Waals surface area contributed by atoms with Crippen molar-refractivity contribution in [2.45, 2.75) is 23.4 Å². The molecule has 0 bridgehead atoms. The number of alkyl halides is 5. The molecule has 3 aromatic rings. The van der Waals surface area contributed by atoms with Crippen molar-refractivity contribution in [1.29, 1.82) is 0 Å². The van der Waals surface area contributed by atoms with E-state index < -0.39 is 57.2 Å². The van der Waals surface area contributed by atoms with Crippen LogP contribution in [0.5, 0.6) is 0 Å². The van der Waals surface area contributed by atoms with E-state index in [1.165, 1.54) is 18.2 Å². The van der Waals surface area contributed by atoms with E-state index in [1.54, 1.807) is 0 Å². The van der Waals surface area contributed by atoms with E-state index in [9.17, 15) is 35.9 Å². The van der Waals surface area contributed by atoms with E-state index in [4.69, 9.17) is 34.8 Å². The van der Waals surface area contributed by atoms with E-state index in [0.29, 0.717) is 12.1 Å². The van der Waals surface area contributed by atoms with Crippen molar-refractivity contribution in [2.75, 3.05) is 10.6 Å². The van der Waals surface area contributed by atoms with Crippen molar-refractivity contribution >= 4 is 58.0 Å². The Bertz CT molecular complexity index is 1460. The fraction of sp³-hybridized carbons (Fsp3) is 0.200. The number of rotatable bonds is 5. The predicted molar refractivity (Wildman–Crippen MR) is 131 cm³/mol. The quantitative estimate of drug-likeness (QED) is 0.233. The minimum absolute atomic E-state index is 0.0465. The molecule has 4 nitrogen and oxygen atoms in total. The summed E-state index contributed by atoms with van der Waals surface area (Å²) in [6.45, 7) is 1.15. The summed E-state index contributed by atoms with van der Waals surface area (Å²) in [5.41, 5.74) is -2.31. The lowest BCUT2D eigenvalue weighted by Gasteiger charge is -2.13. The highest BCUT2D eigenvalue weighted by Gasteiger charge is 2.68. The first kappa shape index (κ1) is 28.1. The Labute approximate surface area is 226 Å². The number of carbonyl (C=O) groups is 2. The molecule has 2 atom stereocenters. The molecule has 38 heavy (non-hydrogen) atoms. The first-order valence-electron chi connectivity index (χ1n) is 10.7. The Hall–Kier alpha value is -2.95. The second kappa shape index (κ2) is 9.98. The van der Waals surface area contributed by atoms with E-state index in [2.05, 4.69) is 10.6 Å². The second-order valence-corrected chi connectivity index (χ2v) is 10.4. The average Bonchev–Trinajstić information content (AvgIpc) is 3.39. The highest BCUT2D eigenvalue weighted by Crippen LogP contribution is 2.65. The van der Waals surface area contributed by atoms with Gasteiger partial charge in [0.15, 0.2) is 0 Å². The van der Waals surface area contributed by atoms with Crippen LogP contribution >= 0.6 is 34.8 Å². The smallest absolute Gasteiger partial charge is 0.326 e. The SMILES string of the molecule is Cc1cc([C@@H]2[C@H](C(=O)Nc3ccc(Cl)c(C(=O)Nc4ccc(F)cc4F)c3)C2(Cl)Cl)cc(C(F)(F)F)c1F. The molecule has 1 fully saturated rings. The molecule has 1 aliphatic rings. The Morgan fingerprint density at radius 2 is 1.63 bits per heavy atom. The van der Waals surface area contributed by atoms with Crippen molar-refractivity contribution in [3.63, 3.8) is 0 Å². The summed E-state index contributed by atoms with van der Waals surface area (Å²) in [4.78, 5) is 25.6. The number of carbonyl (C=O) groups excluding carboxylic acids is 2. The Morgan fingerprint density at radius 1 is 0.947 bits per heavy atom. The third-order valence-electron chi connectivity index (χ3n) is 5.94. The molecule has 0 radical (unpaired) electrons. The van der Waals surface area contributed by atoms with Gasteiger partial charge >= 0.3 is 6.18 Å². The third-order valence-corrected chi connectivity index (χ3v) is 7.21. The minimum atomic E-state index is -4.98. The van der Waals surface area contributed by atoms with Gasteiger partial charge in [-0.25, -0.2) is 13.2 Å². The third kappa shape index (κ3) is 5.43. The highest BCUT2D eigenvalue weighted by molar-refractivity contribution is 6.53. The molecule has 4 rings (SSSR count). The van der Waals surface area contributed by atoms with Gasteiger partial charge in [0.05, 0.1) is 27.8 Å². The van der Waals surface area contributed by atoms with Gasteiger partial charge in [-0.1, -0.05) is 17.7 Å². The van der Waals surface area contributed by atoms with Crippen molar-refractivity contribution in [1.82, 2.24) is 0 Å². The molecule has 0 aliphatic heterocycles. The summed E-state index contributed by atoms with van der Waals surface area (Å²) in [7, 11) is 0. The Balaban J connectivity index is 1.55. The standard InChI is InChI=1S/C25H15Cl3F6N2O2/c1-10-6-11(7-15(21(10)31)25(32,33)34)19-20(24(19,27)28)23(38)35-13-3-4-16(26)14(9-13)22(37)36-18-5-2-12(29)8-17(18)30/h2-9,19-20H,1H3,(H,35,38)(H,36,37)/t19-,20-/m1/s1. The first-order chi connectivity index (χ1) is 17.6. The van der Waals surface area contributed by atoms with Crippen molar-refractivity contribution in [2.24, 2.45) is 5.92 Å². The molecule has 1 aliphatic carbocycles. The molecule has 2 amide bonds. The number of hydrogen-bond acceptors (Lipinski definition) is 2. The molecular weight excluding hydrogens is 581 g/mol. The van der Waals surface area contributed by atoms with Gasteiger partial charge in [0, 0.05) is 17.7 Å². The fourth-order valence-electron chi connectivity index (χ4n) is 4.03. The highest BCUT2D eigenvalue weighted by atomic mass is 35.5. The molecule has 13 heteroatoms. The molecule has 0 unspecified atom stereocenters. The lowest BCUT2D eigenvalue weighted by molar-refractivity contribution is -0.140. The van der Waals surface area contributed by atoms with Crippen LogP contribution < -0.4 is 10.6 Å². The van der Waals surface area contributed by atoms with Crippen LogP contribution in [-0.4, -0.2) is 16.1 Å². The predicted octanol–water partition coefficient (Wildman–Crippen LogP) is 7.86. The monoisotopic (exact) mass is 594 g/mol. The zero-order chi connectivity index (χ0) is 28.2. The lowest BCUT2D eigenvalue weighted by Crippen LogP contribution is -2.18. The van der Waals surface area contributed by atoms with Gasteiger partial charge in [-0.15, -0.1) is 23.2 Å². The zero-order valence-electron chi connectivity index (χ0n) is 19.0. The van der Waals surface area contributed by atoms with E-state index in [0.717, 1.165) is 25.1 Å². The normalized spacial score (nSPS) is 18.2. The number of benzene rings is 3. The maximum absolute atomic E-state index is 14.1. The van der Waals surface area contributed by atoms with Crippen molar-refractivity contribution in [3.8, 4) is 0 Å². The summed E-state index contributed by atoms with van der Waals surface area (Å²) < 4.78 is 79.1. The van der Waals surface area contributed by atoms with Crippen LogP contribution in [0, 0.1) is 30.3 Å². The summed E-state index contributed by atoms with van der Waals surface area (Å²) >= 11 is 18.5. The first-order valence-corrected chi connectivity index (χ1v) is 11.9. The molecule has 2 N–H and O–H groups in total. The van der Waals surface area contributed by atoms with Crippen LogP contribution in [0.4, 0.5) is 37.7 Å². The molecular formula is C25H15Cl3F6N2O2. The second-order valence-electron chi connectivity index (χ2n) is 8.59. The van der Waals surface area contributed by atoms with Crippen molar-refractivity contribution in [3.05, 3.63) is 93.3 Å². The summed E-state index contributed by atoms with van der Waals surface area (Å²) in [6.07, 6.45) is -4.98. The van der Waals surface area contributed by atoms with Crippen LogP contribution in [0.15, 0.2) is 48.5 Å². The van der Waals surface area contributed by atoms with E-state index in [-0.39, 0.29) is 33.1 Å². The molecule has 0 spiro atoms. The molecule has 0 aromatic heterocycles. The summed E-state index contributed by atoms with van der Waals surface area (Å²) in [6, 6.07) is 8.00. The van der Waals surface area contributed by atoms with Crippen LogP contribution in [0.3, 0.4) is 0 Å². The number of anilines is 2. The Morgan fingerprint density at radius 3 is 2.26 bits per heavy atom. The average molecular weight is 596 g/mol. The van der Waals surface area contributed by atoms with Crippen LogP contribution in [0.1, 0.15) is 33.0 Å². The van der Waals surface area contributed by atoms with E-state index in [1.807, 2.05) is 0 Å². The zero-order valence-corrected chi connectivity index (χ0v) is 21.3. The largest absolute Gasteiger partial charge is 0.419 e. The molecule has 200 valence electrons. The molecule has 1 saturated carbocycles. The summed E-state index contributed by atoms with van der Waals surface area (Å²) in [5.74, 6) is -7.25. The number of hydrogen-bond donors (Lipinski definition) is 2. The Kier molecular flexibility index (Phi) is 7.37. The molecule has 3 aromatic carbocycles. The van der Waals surface area contributed by atoms with Crippen LogP contribution in [0.25, 0.3) is 0 Å². The van der Waals surface area contributed by atoms with Gasteiger partial charge in [0.2, 0.25) is 5.91 Å². The van der Waals surface area contributed by atoms with Crippen LogP contribution in [-0.2, 0) is 11.0 Å². The van der Waals surface area contributed by atoms with Gasteiger partial charge in [-0.2, -0.15) is 13.2 Å². The number of amides is 2. The van der Waals surface area contributed by atoms with Gasteiger partial charge in [-0.05, 0) is 54.4 Å². The molecule has 0 heterocycles. The topological polar surface area (TPSA) is 58.2 Å². The van der Waals surface area contributed by atoms with Gasteiger partial charge < -0.3 is 10.6 Å². The molecule has 0 saturated heterocycles. The van der Waals surface area contributed by atoms with Crippen LogP contribution in [0.2, 0.25) is 5.02 Å². The van der Waals surface area contributed by atoms with Gasteiger partial charge in [-0.3, -0.25) is 9.59 Å². The van der Waals surface area contributed by atoms with Crippen molar-refractivity contribution < 1.29 is 35.9 Å². The number of nitrogens with one attached hydrogen (secondary N) is 2. The lowest BCUT2D eigenvalue weighted by atomic mass is 10.0. The number of halogens is 9. The maximum Gasteiger partial charge on any atom is 0.419 e.